The summed E-state index contributed by atoms with van der Waals surface area (Å²) in [5.41, 5.74) is -1.86. The van der Waals surface area contributed by atoms with Gasteiger partial charge >= 0.3 is 6.09 Å². The van der Waals surface area contributed by atoms with Gasteiger partial charge in [-0.05, 0) is 20.8 Å². The van der Waals surface area contributed by atoms with Crippen LogP contribution in [0.25, 0.3) is 0 Å². The molecule has 0 heterocycles. The summed E-state index contributed by atoms with van der Waals surface area (Å²) in [6.07, 6.45) is -0.716. The summed E-state index contributed by atoms with van der Waals surface area (Å²) in [5, 5.41) is 20.4. The van der Waals surface area contributed by atoms with Crippen LogP contribution in [0.3, 0.4) is 0 Å². The molecule has 0 unspecified atom stereocenters. The number of hydrogen-bond donors (Lipinski definition) is 3. The molecule has 0 aromatic rings. The molecule has 0 radical (unpaired) electrons. The van der Waals surface area contributed by atoms with Gasteiger partial charge in [-0.25, -0.2) is 4.79 Å². The van der Waals surface area contributed by atoms with Gasteiger partial charge in [-0.15, -0.1) is 11.6 Å². The van der Waals surface area contributed by atoms with Crippen LogP contribution in [0.2, 0.25) is 0 Å². The van der Waals surface area contributed by atoms with Crippen LogP contribution in [0, 0.1) is 0 Å². The van der Waals surface area contributed by atoms with E-state index in [1.807, 2.05) is 0 Å². The van der Waals surface area contributed by atoms with Crippen molar-refractivity contribution in [3.8, 4) is 0 Å². The summed E-state index contributed by atoms with van der Waals surface area (Å²) in [7, 11) is 0. The first-order valence-corrected chi connectivity index (χ1v) is 5.11. The molecule has 90 valence electrons. The third-order valence-electron chi connectivity index (χ3n) is 1.63. The number of carbonyl (C=O) groups excluding carboxylic acids is 1. The van der Waals surface area contributed by atoms with Gasteiger partial charge in [-0.2, -0.15) is 0 Å². The van der Waals surface area contributed by atoms with E-state index in [9.17, 15) is 4.79 Å². The van der Waals surface area contributed by atoms with Crippen LogP contribution >= 0.6 is 11.6 Å². The molecule has 0 saturated heterocycles. The zero-order valence-electron chi connectivity index (χ0n) is 9.21. The van der Waals surface area contributed by atoms with Crippen molar-refractivity contribution in [3.05, 3.63) is 0 Å². The van der Waals surface area contributed by atoms with Gasteiger partial charge in [0.05, 0.1) is 19.1 Å². The monoisotopic (exact) mass is 239 g/mol. The fourth-order valence-electron chi connectivity index (χ4n) is 0.767. The largest absolute Gasteiger partial charge is 0.444 e. The molecule has 15 heavy (non-hydrogen) atoms. The standard InChI is InChI=1S/C9H18ClNO4/c1-8(2,3)15-7(14)11-9(4-10,5-12)6-13/h12-13H,4-6H2,1-3H3,(H,11,14). The van der Waals surface area contributed by atoms with E-state index < -0.39 is 30.4 Å². The van der Waals surface area contributed by atoms with Gasteiger partial charge in [-0.3, -0.25) is 0 Å². The molecule has 0 rings (SSSR count). The Bertz CT molecular complexity index is 202. The lowest BCUT2D eigenvalue weighted by atomic mass is 10.1. The molecule has 0 aliphatic rings. The number of aliphatic hydroxyl groups excluding tert-OH is 2. The van der Waals surface area contributed by atoms with Crippen LogP contribution < -0.4 is 5.32 Å². The minimum absolute atomic E-state index is 0.0980. The molecule has 0 aromatic heterocycles. The van der Waals surface area contributed by atoms with E-state index in [0.717, 1.165) is 0 Å². The lowest BCUT2D eigenvalue weighted by Gasteiger charge is -2.30. The topological polar surface area (TPSA) is 78.8 Å². The van der Waals surface area contributed by atoms with E-state index in [0.29, 0.717) is 0 Å². The highest BCUT2D eigenvalue weighted by Crippen LogP contribution is 2.10. The quantitative estimate of drug-likeness (QED) is 0.624. The van der Waals surface area contributed by atoms with Crippen molar-refractivity contribution in [1.82, 2.24) is 5.32 Å². The second-order valence-electron chi connectivity index (χ2n) is 4.36. The fraction of sp³-hybridized carbons (Fsp3) is 0.889. The van der Waals surface area contributed by atoms with E-state index in [1.54, 1.807) is 20.8 Å². The number of halogens is 1. The molecule has 0 aliphatic carbocycles. The van der Waals surface area contributed by atoms with Crippen molar-refractivity contribution in [1.29, 1.82) is 0 Å². The van der Waals surface area contributed by atoms with Gasteiger partial charge in [0.25, 0.3) is 0 Å². The molecule has 0 spiro atoms. The number of rotatable bonds is 4. The molecule has 6 heteroatoms. The zero-order chi connectivity index (χ0) is 12.1. The zero-order valence-corrected chi connectivity index (χ0v) is 9.97. The first kappa shape index (κ1) is 14.5. The molecule has 0 aromatic carbocycles. The van der Waals surface area contributed by atoms with E-state index in [4.69, 9.17) is 26.6 Å². The van der Waals surface area contributed by atoms with Crippen LogP contribution in [0.4, 0.5) is 4.79 Å². The Labute approximate surface area is 94.4 Å². The van der Waals surface area contributed by atoms with Crippen LogP contribution in [-0.4, -0.2) is 46.5 Å². The smallest absolute Gasteiger partial charge is 0.408 e. The Morgan fingerprint density at radius 3 is 2.07 bits per heavy atom. The minimum Gasteiger partial charge on any atom is -0.444 e. The van der Waals surface area contributed by atoms with Crippen LogP contribution in [-0.2, 0) is 4.74 Å². The number of alkyl carbamates (subject to hydrolysis) is 1. The second kappa shape index (κ2) is 5.53. The molecule has 0 saturated carbocycles. The number of ether oxygens (including phenoxy) is 1. The number of hydrogen-bond acceptors (Lipinski definition) is 4. The Morgan fingerprint density at radius 2 is 1.80 bits per heavy atom. The van der Waals surface area contributed by atoms with Gasteiger partial charge in [0.2, 0.25) is 0 Å². The first-order valence-electron chi connectivity index (χ1n) is 4.57. The average molecular weight is 240 g/mol. The molecule has 5 nitrogen and oxygen atoms in total. The highest BCUT2D eigenvalue weighted by atomic mass is 35.5. The summed E-state index contributed by atoms with van der Waals surface area (Å²) in [6, 6.07) is 0. The third kappa shape index (κ3) is 5.20. The molecule has 0 fully saturated rings. The Hall–Kier alpha value is -0.520. The number of nitrogens with one attached hydrogen (secondary N) is 1. The van der Waals surface area contributed by atoms with E-state index in [-0.39, 0.29) is 5.88 Å². The number of carbonyl (C=O) groups is 1. The van der Waals surface area contributed by atoms with Gasteiger partial charge in [0.1, 0.15) is 11.1 Å². The second-order valence-corrected chi connectivity index (χ2v) is 4.62. The summed E-state index contributed by atoms with van der Waals surface area (Å²) >= 11 is 5.55. The lowest BCUT2D eigenvalue weighted by Crippen LogP contribution is -2.56. The van der Waals surface area contributed by atoms with Crippen LogP contribution in [0.15, 0.2) is 0 Å². The Morgan fingerprint density at radius 1 is 1.33 bits per heavy atom. The average Bonchev–Trinajstić information content (AvgIpc) is 2.11. The van der Waals surface area contributed by atoms with Crippen LogP contribution in [0.5, 0.6) is 0 Å². The molecule has 0 bridgehead atoms. The predicted molar refractivity (Wildman–Crippen MR) is 57.0 cm³/mol. The predicted octanol–water partition coefficient (Wildman–Crippen LogP) is 0.473. The van der Waals surface area contributed by atoms with Gasteiger partial charge in [-0.1, -0.05) is 0 Å². The van der Waals surface area contributed by atoms with E-state index >= 15 is 0 Å². The third-order valence-corrected chi connectivity index (χ3v) is 2.14. The fourth-order valence-corrected chi connectivity index (χ4v) is 1.00. The van der Waals surface area contributed by atoms with Gasteiger partial charge in [0, 0.05) is 0 Å². The van der Waals surface area contributed by atoms with Gasteiger partial charge in [0.15, 0.2) is 0 Å². The maximum atomic E-state index is 11.3. The molecule has 0 atom stereocenters. The molecular weight excluding hydrogens is 222 g/mol. The van der Waals surface area contributed by atoms with E-state index in [2.05, 4.69) is 5.32 Å². The van der Waals surface area contributed by atoms with Crippen molar-refractivity contribution in [2.75, 3.05) is 19.1 Å². The normalized spacial score (nSPS) is 12.4. The van der Waals surface area contributed by atoms with Crippen molar-refractivity contribution in [2.45, 2.75) is 31.9 Å². The van der Waals surface area contributed by atoms with Gasteiger partial charge < -0.3 is 20.3 Å². The minimum atomic E-state index is -1.23. The Balaban J connectivity index is 4.36. The van der Waals surface area contributed by atoms with Crippen molar-refractivity contribution < 1.29 is 19.7 Å². The van der Waals surface area contributed by atoms with E-state index in [1.165, 1.54) is 0 Å². The maximum absolute atomic E-state index is 11.3. The SMILES string of the molecule is CC(C)(C)OC(=O)NC(CO)(CO)CCl. The van der Waals surface area contributed by atoms with Crippen molar-refractivity contribution in [3.63, 3.8) is 0 Å². The molecule has 3 N–H and O–H groups in total. The molecule has 0 aliphatic heterocycles. The maximum Gasteiger partial charge on any atom is 0.408 e. The summed E-state index contributed by atoms with van der Waals surface area (Å²) in [5.74, 6) is -0.0980. The summed E-state index contributed by atoms with van der Waals surface area (Å²) in [4.78, 5) is 11.3. The first-order chi connectivity index (χ1) is 6.78. The number of amides is 1. The lowest BCUT2D eigenvalue weighted by molar-refractivity contribution is 0.0337. The molecule has 1 amide bonds. The van der Waals surface area contributed by atoms with Crippen LogP contribution in [0.1, 0.15) is 20.8 Å². The summed E-state index contributed by atoms with van der Waals surface area (Å²) < 4.78 is 4.97. The number of alkyl halides is 1. The summed E-state index contributed by atoms with van der Waals surface area (Å²) in [6.45, 7) is 4.24. The highest BCUT2D eigenvalue weighted by Gasteiger charge is 2.31. The van der Waals surface area contributed by atoms with Crippen molar-refractivity contribution >= 4 is 17.7 Å². The Kier molecular flexibility index (Phi) is 5.34. The molecular formula is C9H18ClNO4. The van der Waals surface area contributed by atoms with Crippen molar-refractivity contribution in [2.24, 2.45) is 0 Å². The highest BCUT2D eigenvalue weighted by molar-refractivity contribution is 6.18. The number of aliphatic hydroxyl groups is 2.